The Morgan fingerprint density at radius 3 is 2.62 bits per heavy atom. The van der Waals surface area contributed by atoms with Gasteiger partial charge in [-0.25, -0.2) is 13.4 Å². The average Bonchev–Trinajstić information content (AvgIpc) is 3.54. The summed E-state index contributed by atoms with van der Waals surface area (Å²) >= 11 is 7.61. The summed E-state index contributed by atoms with van der Waals surface area (Å²) in [7, 11) is -3.46. The topological polar surface area (TPSA) is 140 Å². The average molecular weight is 663 g/mol. The number of sulfone groups is 1. The van der Waals surface area contributed by atoms with Gasteiger partial charge >= 0.3 is 0 Å². The van der Waals surface area contributed by atoms with Crippen LogP contribution in [0.2, 0.25) is 5.02 Å². The van der Waals surface area contributed by atoms with Gasteiger partial charge in [0.15, 0.2) is 16.4 Å². The SMILES string of the molecule is O=C(Nc1cc(CCCS(=O)(=O)c2ccc(Cl)cc2)ccc1OCc1nn[nH]n1)c1cccc(CCc2nc(C3CC3)cs2)c1. The van der Waals surface area contributed by atoms with E-state index >= 15 is 0 Å². The van der Waals surface area contributed by atoms with Gasteiger partial charge in [0, 0.05) is 28.3 Å². The monoisotopic (exact) mass is 662 g/mol. The Morgan fingerprint density at radius 2 is 1.84 bits per heavy atom. The summed E-state index contributed by atoms with van der Waals surface area (Å²) in [5.74, 6) is 1.12. The van der Waals surface area contributed by atoms with E-state index in [1.54, 1.807) is 35.6 Å². The van der Waals surface area contributed by atoms with Crippen molar-refractivity contribution in [3.05, 3.63) is 110 Å². The molecule has 1 aliphatic rings. The number of amides is 1. The summed E-state index contributed by atoms with van der Waals surface area (Å²) in [6.07, 6.45) is 4.96. The normalized spacial score (nSPS) is 13.1. The Morgan fingerprint density at radius 1 is 1.02 bits per heavy atom. The van der Waals surface area contributed by atoms with E-state index in [9.17, 15) is 13.2 Å². The number of hydrogen-bond donors (Lipinski definition) is 2. The molecule has 0 spiro atoms. The number of aryl methyl sites for hydroxylation is 3. The van der Waals surface area contributed by atoms with Crippen LogP contribution in [0.3, 0.4) is 0 Å². The lowest BCUT2D eigenvalue weighted by Crippen LogP contribution is -2.14. The van der Waals surface area contributed by atoms with Crippen molar-refractivity contribution in [3.63, 3.8) is 0 Å². The zero-order valence-corrected chi connectivity index (χ0v) is 26.7. The predicted molar refractivity (Wildman–Crippen MR) is 173 cm³/mol. The van der Waals surface area contributed by atoms with E-state index in [0.717, 1.165) is 29.0 Å². The van der Waals surface area contributed by atoms with Gasteiger partial charge in [-0.15, -0.1) is 21.5 Å². The number of aromatic amines is 1. The van der Waals surface area contributed by atoms with Crippen LogP contribution in [-0.2, 0) is 35.7 Å². The molecule has 1 amide bonds. The lowest BCUT2D eigenvalue weighted by atomic mass is 10.1. The van der Waals surface area contributed by atoms with Crippen molar-refractivity contribution in [1.82, 2.24) is 25.6 Å². The molecular formula is C32H31ClN6O4S2. The fourth-order valence-corrected chi connectivity index (χ4v) is 7.21. The zero-order chi connectivity index (χ0) is 31.2. The van der Waals surface area contributed by atoms with Crippen LogP contribution >= 0.6 is 22.9 Å². The first kappa shape index (κ1) is 30.9. The van der Waals surface area contributed by atoms with Gasteiger partial charge in [0.2, 0.25) is 5.82 Å². The Labute approximate surface area is 270 Å². The number of carbonyl (C=O) groups is 1. The molecule has 10 nitrogen and oxygen atoms in total. The second-order valence-electron chi connectivity index (χ2n) is 10.9. The molecule has 0 unspecified atom stereocenters. The van der Waals surface area contributed by atoms with Gasteiger partial charge in [0.1, 0.15) is 5.75 Å². The number of tetrazole rings is 1. The Bertz CT molecular complexity index is 1870. The summed E-state index contributed by atoms with van der Waals surface area (Å²) < 4.78 is 31.5. The number of carbonyl (C=O) groups excluding carboxylic acids is 1. The maximum Gasteiger partial charge on any atom is 0.255 e. The highest BCUT2D eigenvalue weighted by atomic mass is 35.5. The number of thiazole rings is 1. The Kier molecular flexibility index (Phi) is 9.53. The number of nitrogens with zero attached hydrogens (tertiary/aromatic N) is 4. The van der Waals surface area contributed by atoms with Gasteiger partial charge in [0.05, 0.1) is 27.0 Å². The lowest BCUT2D eigenvalue weighted by molar-refractivity contribution is 0.102. The lowest BCUT2D eigenvalue weighted by Gasteiger charge is -2.14. The molecule has 0 aliphatic heterocycles. The molecule has 6 rings (SSSR count). The smallest absolute Gasteiger partial charge is 0.255 e. The van der Waals surface area contributed by atoms with Gasteiger partial charge in [-0.05, 0) is 91.8 Å². The van der Waals surface area contributed by atoms with Crippen LogP contribution in [0.5, 0.6) is 5.75 Å². The highest BCUT2D eigenvalue weighted by molar-refractivity contribution is 7.91. The third kappa shape index (κ3) is 8.33. The van der Waals surface area contributed by atoms with Crippen molar-refractivity contribution in [3.8, 4) is 5.75 Å². The van der Waals surface area contributed by atoms with Crippen molar-refractivity contribution in [2.75, 3.05) is 11.1 Å². The van der Waals surface area contributed by atoms with Crippen LogP contribution in [0.15, 0.2) is 77.0 Å². The van der Waals surface area contributed by atoms with Crippen molar-refractivity contribution in [2.24, 2.45) is 0 Å². The molecule has 0 atom stereocenters. The van der Waals surface area contributed by atoms with E-state index in [1.165, 1.54) is 30.7 Å². The van der Waals surface area contributed by atoms with Gasteiger partial charge < -0.3 is 10.1 Å². The van der Waals surface area contributed by atoms with Crippen molar-refractivity contribution < 1.29 is 17.9 Å². The minimum absolute atomic E-state index is 0.0257. The summed E-state index contributed by atoms with van der Waals surface area (Å²) in [6, 6.07) is 19.1. The fourth-order valence-electron chi connectivity index (χ4n) is 4.89. The molecular weight excluding hydrogens is 632 g/mol. The molecule has 45 heavy (non-hydrogen) atoms. The number of rotatable bonds is 14. The summed E-state index contributed by atoms with van der Waals surface area (Å²) in [5.41, 5.74) is 4.10. The molecule has 1 saturated carbocycles. The first-order valence-electron chi connectivity index (χ1n) is 14.6. The second kappa shape index (κ2) is 13.9. The van der Waals surface area contributed by atoms with Gasteiger partial charge in [0.25, 0.3) is 5.91 Å². The number of hydrogen-bond acceptors (Lipinski definition) is 9. The first-order chi connectivity index (χ1) is 21.8. The minimum atomic E-state index is -3.46. The third-order valence-electron chi connectivity index (χ3n) is 7.47. The molecule has 2 N–H and O–H groups in total. The molecule has 1 fully saturated rings. The quantitative estimate of drug-likeness (QED) is 0.143. The standard InChI is InChI=1S/C32H31ClN6O4S2/c33-25-10-12-26(13-11-25)45(41,42)16-2-4-22-6-14-29(43-19-30-36-38-39-37-30)27(18-22)35-32(40)24-5-1-3-21(17-24)7-15-31-34-28(20-44-31)23-8-9-23/h1,3,5-6,10-14,17-18,20,23H,2,4,7-9,15-16,19H2,(H,35,40)(H,36,37,38,39). The van der Waals surface area contributed by atoms with Crippen LogP contribution in [0, 0.1) is 0 Å². The number of aromatic nitrogens is 5. The van der Waals surface area contributed by atoms with Crippen LogP contribution in [0.4, 0.5) is 5.69 Å². The molecule has 5 aromatic rings. The number of H-pyrrole nitrogens is 1. The van der Waals surface area contributed by atoms with Crippen molar-refractivity contribution in [1.29, 1.82) is 0 Å². The first-order valence-corrected chi connectivity index (χ1v) is 17.5. The van der Waals surface area contributed by atoms with E-state index < -0.39 is 9.84 Å². The molecule has 0 radical (unpaired) electrons. The molecule has 1 aliphatic carbocycles. The van der Waals surface area contributed by atoms with Crippen molar-refractivity contribution >= 4 is 44.4 Å². The number of halogens is 1. The zero-order valence-electron chi connectivity index (χ0n) is 24.3. The molecule has 13 heteroatoms. The van der Waals surface area contributed by atoms with Crippen molar-refractivity contribution in [2.45, 2.75) is 55.9 Å². The van der Waals surface area contributed by atoms with Gasteiger partial charge in [-0.3, -0.25) is 4.79 Å². The van der Waals surface area contributed by atoms with E-state index in [4.69, 9.17) is 21.3 Å². The molecule has 2 aromatic heterocycles. The van der Waals surface area contributed by atoms with Gasteiger partial charge in [-0.1, -0.05) is 35.0 Å². The number of nitrogens with one attached hydrogen (secondary N) is 2. The molecule has 3 aromatic carbocycles. The van der Waals surface area contributed by atoms with E-state index in [2.05, 4.69) is 31.3 Å². The van der Waals surface area contributed by atoms with E-state index in [1.807, 2.05) is 30.3 Å². The second-order valence-corrected chi connectivity index (χ2v) is 14.4. The number of ether oxygens (including phenoxy) is 1. The highest BCUT2D eigenvalue weighted by Gasteiger charge is 2.26. The maximum absolute atomic E-state index is 13.4. The molecule has 0 saturated heterocycles. The highest BCUT2D eigenvalue weighted by Crippen LogP contribution is 2.40. The van der Waals surface area contributed by atoms with Crippen LogP contribution in [0.25, 0.3) is 0 Å². The molecule has 0 bridgehead atoms. The fraction of sp³-hybridized carbons (Fsp3) is 0.281. The minimum Gasteiger partial charge on any atom is -0.483 e. The largest absolute Gasteiger partial charge is 0.483 e. The predicted octanol–water partition coefficient (Wildman–Crippen LogP) is 6.21. The third-order valence-corrected chi connectivity index (χ3v) is 10.5. The van der Waals surface area contributed by atoms with E-state index in [0.29, 0.717) is 46.6 Å². The maximum atomic E-state index is 13.4. The van der Waals surface area contributed by atoms with E-state index in [-0.39, 0.29) is 23.2 Å². The summed E-state index contributed by atoms with van der Waals surface area (Å²) in [6.45, 7) is 0.0484. The van der Waals surface area contributed by atoms with Crippen LogP contribution in [0.1, 0.15) is 63.2 Å². The van der Waals surface area contributed by atoms with Crippen LogP contribution in [-0.4, -0.2) is 45.7 Å². The van der Waals surface area contributed by atoms with Crippen LogP contribution < -0.4 is 10.1 Å². The molecule has 232 valence electrons. The number of benzene rings is 3. The Balaban J connectivity index is 1.13. The molecule has 2 heterocycles. The van der Waals surface area contributed by atoms with Gasteiger partial charge in [-0.2, -0.15) is 5.21 Å². The number of anilines is 1. The Hall–Kier alpha value is -4.13. The summed E-state index contributed by atoms with van der Waals surface area (Å²) in [4.78, 5) is 18.5. The summed E-state index contributed by atoms with van der Waals surface area (Å²) in [5, 5.41) is 20.5.